The second-order valence-electron chi connectivity index (χ2n) is 3.20. The molecular formula is C7H17ClNO2+. The summed E-state index contributed by atoms with van der Waals surface area (Å²) in [4.78, 5) is 9.14. The van der Waals surface area contributed by atoms with Gasteiger partial charge in [0.1, 0.15) is 0 Å². The molecule has 1 aliphatic rings. The summed E-state index contributed by atoms with van der Waals surface area (Å²) in [5.74, 6) is 0. The van der Waals surface area contributed by atoms with E-state index in [2.05, 4.69) is 9.78 Å². The molecule has 0 aromatic carbocycles. The average molecular weight is 183 g/mol. The number of hydrogen-bond donors (Lipinski definition) is 0. The van der Waals surface area contributed by atoms with Crippen molar-refractivity contribution in [3.8, 4) is 0 Å². The van der Waals surface area contributed by atoms with Crippen LogP contribution in [0.2, 0.25) is 0 Å². The summed E-state index contributed by atoms with van der Waals surface area (Å²) in [6.45, 7) is 1.56. The van der Waals surface area contributed by atoms with Crippen LogP contribution in [0.3, 0.4) is 0 Å². The number of nitrogens with zero attached hydrogens (tertiary/aromatic N) is 1. The third kappa shape index (κ3) is 17.8. The Bertz CT molecular complexity index is 71.4. The lowest BCUT2D eigenvalue weighted by Crippen LogP contribution is -2.19. The Balaban J connectivity index is 0.000000187. The van der Waals surface area contributed by atoms with Gasteiger partial charge in [-0.1, -0.05) is 0 Å². The first-order valence-corrected chi connectivity index (χ1v) is 4.09. The Morgan fingerprint density at radius 1 is 1.00 bits per heavy atom. The van der Waals surface area contributed by atoms with Gasteiger partial charge in [-0.15, -0.1) is 0 Å². The predicted octanol–water partition coefficient (Wildman–Crippen LogP) is 1.57. The lowest BCUT2D eigenvalue weighted by molar-refractivity contribution is -0.747. The van der Waals surface area contributed by atoms with Gasteiger partial charge in [0.05, 0.1) is 34.4 Å². The van der Waals surface area contributed by atoms with Crippen LogP contribution in [-0.2, 0) is 9.78 Å². The molecule has 1 aliphatic heterocycles. The normalized spacial score (nSPS) is 18.5. The highest BCUT2D eigenvalue weighted by molar-refractivity contribution is 6.06. The van der Waals surface area contributed by atoms with E-state index in [0.29, 0.717) is 4.00 Å². The smallest absolute Gasteiger partial charge is 0.164 e. The van der Waals surface area contributed by atoms with Crippen LogP contribution in [0.15, 0.2) is 0 Å². The molecule has 1 heterocycles. The summed E-state index contributed by atoms with van der Waals surface area (Å²) in [5.41, 5.74) is 0. The molecule has 1 saturated heterocycles. The SMILES string of the molecule is C1CCOOC1.C[N+](C)(C)Cl. The van der Waals surface area contributed by atoms with E-state index in [0.717, 1.165) is 26.1 Å². The highest BCUT2D eigenvalue weighted by Crippen LogP contribution is 1.97. The molecule has 4 heteroatoms. The molecule has 11 heavy (non-hydrogen) atoms. The molecule has 0 aromatic heterocycles. The summed E-state index contributed by atoms with van der Waals surface area (Å²) in [6, 6.07) is 0. The number of quaternary nitrogens is 1. The molecule has 0 unspecified atom stereocenters. The van der Waals surface area contributed by atoms with E-state index < -0.39 is 0 Å². The molecule has 0 bridgehead atoms. The van der Waals surface area contributed by atoms with Crippen LogP contribution >= 0.6 is 11.8 Å². The van der Waals surface area contributed by atoms with Crippen LogP contribution in [0.4, 0.5) is 0 Å². The van der Waals surface area contributed by atoms with E-state index in [-0.39, 0.29) is 0 Å². The molecule has 0 aromatic rings. The fraction of sp³-hybridized carbons (Fsp3) is 1.00. The van der Waals surface area contributed by atoms with Crippen molar-refractivity contribution in [2.24, 2.45) is 0 Å². The lowest BCUT2D eigenvalue weighted by atomic mass is 10.3. The molecule has 0 spiro atoms. The maximum absolute atomic E-state index is 5.47. The van der Waals surface area contributed by atoms with Crippen LogP contribution in [0, 0.1) is 0 Å². The van der Waals surface area contributed by atoms with E-state index in [1.807, 2.05) is 21.1 Å². The zero-order valence-electron chi connectivity index (χ0n) is 7.47. The average Bonchev–Trinajstić information content (AvgIpc) is 1.88. The van der Waals surface area contributed by atoms with Crippen LogP contribution in [-0.4, -0.2) is 38.4 Å². The third-order valence-corrected chi connectivity index (χ3v) is 0.789. The van der Waals surface area contributed by atoms with Gasteiger partial charge in [0.2, 0.25) is 0 Å². The highest BCUT2D eigenvalue weighted by atomic mass is 35.5. The Labute approximate surface area is 73.5 Å². The van der Waals surface area contributed by atoms with Gasteiger partial charge in [-0.05, 0) is 12.8 Å². The number of rotatable bonds is 0. The summed E-state index contributed by atoms with van der Waals surface area (Å²) in [5, 5.41) is 0. The molecule has 3 nitrogen and oxygen atoms in total. The van der Waals surface area contributed by atoms with Gasteiger partial charge in [0.15, 0.2) is 11.8 Å². The topological polar surface area (TPSA) is 18.5 Å². The molecule has 0 saturated carbocycles. The molecule has 68 valence electrons. The van der Waals surface area contributed by atoms with Crippen molar-refractivity contribution >= 4 is 11.8 Å². The van der Waals surface area contributed by atoms with Crippen LogP contribution in [0.5, 0.6) is 0 Å². The predicted molar refractivity (Wildman–Crippen MR) is 45.0 cm³/mol. The Kier molecular flexibility index (Phi) is 5.86. The quantitative estimate of drug-likeness (QED) is 0.418. The van der Waals surface area contributed by atoms with Crippen molar-refractivity contribution < 1.29 is 13.8 Å². The first-order valence-electron chi connectivity index (χ1n) is 3.75. The van der Waals surface area contributed by atoms with Crippen molar-refractivity contribution in [1.29, 1.82) is 0 Å². The molecule has 1 rings (SSSR count). The lowest BCUT2D eigenvalue weighted by Gasteiger charge is -2.07. The van der Waals surface area contributed by atoms with Crippen molar-refractivity contribution in [3.63, 3.8) is 0 Å². The van der Waals surface area contributed by atoms with Gasteiger partial charge in [0, 0.05) is 0 Å². The second kappa shape index (κ2) is 5.77. The molecular weight excluding hydrogens is 166 g/mol. The van der Waals surface area contributed by atoms with Crippen LogP contribution < -0.4 is 0 Å². The zero-order chi connectivity index (χ0) is 8.74. The van der Waals surface area contributed by atoms with Gasteiger partial charge in [-0.25, -0.2) is 13.8 Å². The highest BCUT2D eigenvalue weighted by Gasteiger charge is 1.96. The Morgan fingerprint density at radius 2 is 1.27 bits per heavy atom. The van der Waals surface area contributed by atoms with Gasteiger partial charge in [0.25, 0.3) is 0 Å². The van der Waals surface area contributed by atoms with Gasteiger partial charge in [-0.3, -0.25) is 0 Å². The van der Waals surface area contributed by atoms with Crippen LogP contribution in [0.1, 0.15) is 12.8 Å². The van der Waals surface area contributed by atoms with Gasteiger partial charge in [-0.2, -0.15) is 0 Å². The first kappa shape index (κ1) is 11.2. The fourth-order valence-electron chi connectivity index (χ4n) is 0.440. The fourth-order valence-corrected chi connectivity index (χ4v) is 0.440. The molecule has 0 N–H and O–H groups in total. The van der Waals surface area contributed by atoms with E-state index in [1.54, 1.807) is 0 Å². The number of hydrogen-bond acceptors (Lipinski definition) is 2. The summed E-state index contributed by atoms with van der Waals surface area (Å²) < 4.78 is 0.472. The standard InChI is InChI=1S/C4H8O2.C3H9ClN/c1-2-4-6-5-3-1;1-5(2,3)4/h1-4H2;1-3H3/q;+1. The minimum absolute atomic E-state index is 0.472. The maximum Gasteiger partial charge on any atom is 0.164 e. The van der Waals surface area contributed by atoms with Crippen molar-refractivity contribution in [2.75, 3.05) is 34.4 Å². The largest absolute Gasteiger partial charge is 0.237 e. The Morgan fingerprint density at radius 3 is 1.36 bits per heavy atom. The van der Waals surface area contributed by atoms with Gasteiger partial charge < -0.3 is 0 Å². The maximum atomic E-state index is 5.47. The van der Waals surface area contributed by atoms with E-state index in [9.17, 15) is 0 Å². The molecule has 0 aliphatic carbocycles. The van der Waals surface area contributed by atoms with E-state index in [4.69, 9.17) is 11.8 Å². The second-order valence-corrected chi connectivity index (χ2v) is 4.21. The van der Waals surface area contributed by atoms with Crippen molar-refractivity contribution in [2.45, 2.75) is 12.8 Å². The Hall–Kier alpha value is 0.170. The third-order valence-electron chi connectivity index (χ3n) is 0.789. The summed E-state index contributed by atoms with van der Waals surface area (Å²) in [6.07, 6.45) is 2.31. The zero-order valence-corrected chi connectivity index (χ0v) is 8.23. The van der Waals surface area contributed by atoms with Gasteiger partial charge >= 0.3 is 0 Å². The van der Waals surface area contributed by atoms with E-state index >= 15 is 0 Å². The van der Waals surface area contributed by atoms with Crippen molar-refractivity contribution in [3.05, 3.63) is 0 Å². The monoisotopic (exact) mass is 182 g/mol. The van der Waals surface area contributed by atoms with Crippen molar-refractivity contribution in [1.82, 2.24) is 0 Å². The summed E-state index contributed by atoms with van der Waals surface area (Å²) in [7, 11) is 5.67. The first-order chi connectivity index (χ1) is 5.00. The molecule has 1 fully saturated rings. The molecule has 0 amide bonds. The molecule has 0 radical (unpaired) electrons. The van der Waals surface area contributed by atoms with Crippen LogP contribution in [0.25, 0.3) is 0 Å². The minimum Gasteiger partial charge on any atom is -0.237 e. The summed E-state index contributed by atoms with van der Waals surface area (Å²) >= 11 is 5.47. The minimum atomic E-state index is 0.472. The molecule has 0 atom stereocenters. The number of halogens is 1. The van der Waals surface area contributed by atoms with E-state index in [1.165, 1.54) is 0 Å².